The van der Waals surface area contributed by atoms with E-state index in [4.69, 9.17) is 17.3 Å². The number of carbonyl (C=O) groups is 3. The van der Waals surface area contributed by atoms with Crippen molar-refractivity contribution in [2.24, 2.45) is 0 Å². The van der Waals surface area contributed by atoms with Crippen molar-refractivity contribution in [3.63, 3.8) is 0 Å². The lowest BCUT2D eigenvalue weighted by Gasteiger charge is -2.22. The maximum Gasteiger partial charge on any atom is 0.303 e. The van der Waals surface area contributed by atoms with Gasteiger partial charge in [0, 0.05) is 13.0 Å². The zero-order valence-electron chi connectivity index (χ0n) is 15.4. The van der Waals surface area contributed by atoms with Crippen LogP contribution in [0, 0.1) is 0 Å². The number of thioether (sulfide) groups is 1. The van der Waals surface area contributed by atoms with Gasteiger partial charge in [-0.3, -0.25) is 19.3 Å². The number of nitrogens with one attached hydrogen (secondary N) is 1. The second-order valence-corrected chi connectivity index (χ2v) is 7.99. The fourth-order valence-corrected chi connectivity index (χ4v) is 4.01. The van der Waals surface area contributed by atoms with Crippen molar-refractivity contribution >= 4 is 52.2 Å². The minimum absolute atomic E-state index is 0.119. The number of phenols is 1. The molecule has 0 spiro atoms. The van der Waals surface area contributed by atoms with E-state index in [1.54, 1.807) is 25.1 Å². The number of aliphatic carboxylic acids is 1. The van der Waals surface area contributed by atoms with Gasteiger partial charge in [-0.1, -0.05) is 42.5 Å². The Bertz CT molecular complexity index is 792. The molecule has 9 heteroatoms. The molecule has 2 amide bonds. The zero-order valence-corrected chi connectivity index (χ0v) is 17.0. The smallest absolute Gasteiger partial charge is 0.303 e. The molecule has 1 unspecified atom stereocenters. The molecule has 150 valence electrons. The Balaban J connectivity index is 1.90. The Hall–Kier alpha value is -2.39. The summed E-state index contributed by atoms with van der Waals surface area (Å²) in [7, 11) is 0. The third-order valence-corrected chi connectivity index (χ3v) is 5.48. The first-order chi connectivity index (χ1) is 13.3. The van der Waals surface area contributed by atoms with Gasteiger partial charge in [0.1, 0.15) is 16.1 Å². The molecule has 0 radical (unpaired) electrons. The predicted octanol–water partition coefficient (Wildman–Crippen LogP) is 2.74. The molecule has 0 aliphatic carbocycles. The van der Waals surface area contributed by atoms with Gasteiger partial charge in [-0.05, 0) is 43.5 Å². The SMILES string of the molecule is CC(C(=O)NCCCCCC(=O)O)N1C(=O)/C(=C/c2ccc(O)cc2)SC1=S. The van der Waals surface area contributed by atoms with Gasteiger partial charge in [0.15, 0.2) is 0 Å². The second-order valence-electron chi connectivity index (χ2n) is 6.31. The van der Waals surface area contributed by atoms with Gasteiger partial charge in [-0.2, -0.15) is 0 Å². The van der Waals surface area contributed by atoms with E-state index >= 15 is 0 Å². The summed E-state index contributed by atoms with van der Waals surface area (Å²) in [5.41, 5.74) is 0.747. The molecule has 1 aliphatic rings. The quantitative estimate of drug-likeness (QED) is 0.319. The molecule has 2 rings (SSSR count). The monoisotopic (exact) mass is 422 g/mol. The summed E-state index contributed by atoms with van der Waals surface area (Å²) in [5, 5.41) is 20.7. The number of rotatable bonds is 9. The number of nitrogens with zero attached hydrogens (tertiary/aromatic N) is 1. The number of phenolic OH excluding ortho intramolecular Hbond substituents is 1. The normalized spacial score (nSPS) is 16.5. The number of hydrogen-bond acceptors (Lipinski definition) is 6. The molecule has 1 fully saturated rings. The van der Waals surface area contributed by atoms with Crippen LogP contribution < -0.4 is 5.32 Å². The van der Waals surface area contributed by atoms with Crippen LogP contribution in [0.15, 0.2) is 29.2 Å². The topological polar surface area (TPSA) is 107 Å². The largest absolute Gasteiger partial charge is 0.508 e. The van der Waals surface area contributed by atoms with Crippen molar-refractivity contribution in [3.05, 3.63) is 34.7 Å². The predicted molar refractivity (Wildman–Crippen MR) is 112 cm³/mol. The van der Waals surface area contributed by atoms with E-state index in [1.165, 1.54) is 17.0 Å². The molecule has 3 N–H and O–H groups in total. The van der Waals surface area contributed by atoms with Gasteiger partial charge < -0.3 is 15.5 Å². The Morgan fingerprint density at radius 3 is 2.57 bits per heavy atom. The minimum Gasteiger partial charge on any atom is -0.508 e. The summed E-state index contributed by atoms with van der Waals surface area (Å²) in [6.07, 6.45) is 3.74. The van der Waals surface area contributed by atoms with Crippen molar-refractivity contribution in [2.45, 2.75) is 38.6 Å². The first-order valence-corrected chi connectivity index (χ1v) is 10.1. The van der Waals surface area contributed by atoms with Gasteiger partial charge in [0.05, 0.1) is 4.91 Å². The summed E-state index contributed by atoms with van der Waals surface area (Å²) in [6, 6.07) is 5.68. The fraction of sp³-hybridized carbons (Fsp3) is 0.368. The first-order valence-electron chi connectivity index (χ1n) is 8.85. The van der Waals surface area contributed by atoms with Crippen LogP contribution in [0.25, 0.3) is 6.08 Å². The highest BCUT2D eigenvalue weighted by molar-refractivity contribution is 8.26. The second kappa shape index (κ2) is 10.2. The van der Waals surface area contributed by atoms with E-state index in [0.29, 0.717) is 35.0 Å². The van der Waals surface area contributed by atoms with E-state index in [1.807, 2.05) is 0 Å². The molecule has 0 bridgehead atoms. The molecule has 7 nitrogen and oxygen atoms in total. The number of aromatic hydroxyl groups is 1. The number of carbonyl (C=O) groups excluding carboxylic acids is 2. The summed E-state index contributed by atoms with van der Waals surface area (Å²) in [6.45, 7) is 2.04. The van der Waals surface area contributed by atoms with Crippen molar-refractivity contribution in [2.75, 3.05) is 6.54 Å². The Morgan fingerprint density at radius 2 is 1.93 bits per heavy atom. The average molecular weight is 423 g/mol. The number of carboxylic acid groups (broad SMARTS) is 1. The molecular formula is C19H22N2O5S2. The first kappa shape index (κ1) is 21.9. The highest BCUT2D eigenvalue weighted by Gasteiger charge is 2.38. The maximum atomic E-state index is 12.7. The number of thiocarbonyl (C=S) groups is 1. The number of amides is 2. The molecule has 1 saturated heterocycles. The van der Waals surface area contributed by atoms with Gasteiger partial charge >= 0.3 is 5.97 Å². The van der Waals surface area contributed by atoms with E-state index in [9.17, 15) is 19.5 Å². The summed E-state index contributed by atoms with van der Waals surface area (Å²) in [4.78, 5) is 37.2. The lowest BCUT2D eigenvalue weighted by atomic mass is 10.2. The fourth-order valence-electron chi connectivity index (χ4n) is 2.59. The molecule has 1 aromatic carbocycles. The molecule has 1 aromatic rings. The standard InChI is InChI=1S/C19H22N2O5S2/c1-12(17(25)20-10-4-2-3-5-16(23)24)21-18(26)15(28-19(21)27)11-13-6-8-14(22)9-7-13/h6-9,11-12,22H,2-5,10H2,1H3,(H,20,25)(H,23,24)/b15-11-. The summed E-state index contributed by atoms with van der Waals surface area (Å²) >= 11 is 6.41. The van der Waals surface area contributed by atoms with Crippen LogP contribution in [0.5, 0.6) is 5.75 Å². The number of benzene rings is 1. The van der Waals surface area contributed by atoms with E-state index in [0.717, 1.165) is 17.3 Å². The Morgan fingerprint density at radius 1 is 1.25 bits per heavy atom. The highest BCUT2D eigenvalue weighted by atomic mass is 32.2. The van der Waals surface area contributed by atoms with Crippen LogP contribution >= 0.6 is 24.0 Å². The molecular weight excluding hydrogens is 400 g/mol. The minimum atomic E-state index is -0.827. The average Bonchev–Trinajstić information content (AvgIpc) is 2.92. The van der Waals surface area contributed by atoms with Crippen LogP contribution in [-0.2, 0) is 14.4 Å². The van der Waals surface area contributed by atoms with Crippen molar-refractivity contribution in [3.8, 4) is 5.75 Å². The number of hydrogen-bond donors (Lipinski definition) is 3. The maximum absolute atomic E-state index is 12.7. The molecule has 28 heavy (non-hydrogen) atoms. The van der Waals surface area contributed by atoms with Crippen molar-refractivity contribution in [1.82, 2.24) is 10.2 Å². The third-order valence-electron chi connectivity index (χ3n) is 4.15. The van der Waals surface area contributed by atoms with E-state index in [2.05, 4.69) is 5.32 Å². The summed E-state index contributed by atoms with van der Waals surface area (Å²) < 4.78 is 0.319. The van der Waals surface area contributed by atoms with E-state index < -0.39 is 12.0 Å². The van der Waals surface area contributed by atoms with Crippen LogP contribution in [0.4, 0.5) is 0 Å². The Labute approximate surface area is 172 Å². The van der Waals surface area contributed by atoms with Gasteiger partial charge in [0.2, 0.25) is 5.91 Å². The molecule has 1 atom stereocenters. The number of unbranched alkanes of at least 4 members (excludes halogenated alkanes) is 2. The molecule has 0 saturated carbocycles. The summed E-state index contributed by atoms with van der Waals surface area (Å²) in [5.74, 6) is -1.32. The molecule has 1 aliphatic heterocycles. The van der Waals surface area contributed by atoms with Gasteiger partial charge in [-0.15, -0.1) is 0 Å². The van der Waals surface area contributed by atoms with Crippen LogP contribution in [-0.4, -0.2) is 49.8 Å². The lowest BCUT2D eigenvalue weighted by molar-refractivity contribution is -0.137. The van der Waals surface area contributed by atoms with Gasteiger partial charge in [0.25, 0.3) is 5.91 Å². The van der Waals surface area contributed by atoms with Gasteiger partial charge in [-0.25, -0.2) is 0 Å². The van der Waals surface area contributed by atoms with E-state index in [-0.39, 0.29) is 24.0 Å². The van der Waals surface area contributed by atoms with Crippen LogP contribution in [0.3, 0.4) is 0 Å². The Kier molecular flexibility index (Phi) is 8.01. The van der Waals surface area contributed by atoms with Crippen molar-refractivity contribution in [1.29, 1.82) is 0 Å². The lowest BCUT2D eigenvalue weighted by Crippen LogP contribution is -2.47. The number of carboxylic acids is 1. The highest BCUT2D eigenvalue weighted by Crippen LogP contribution is 2.34. The third kappa shape index (κ3) is 6.07. The molecule has 0 aromatic heterocycles. The van der Waals surface area contributed by atoms with Crippen LogP contribution in [0.1, 0.15) is 38.2 Å². The molecule has 1 heterocycles. The van der Waals surface area contributed by atoms with Crippen molar-refractivity contribution < 1.29 is 24.6 Å². The van der Waals surface area contributed by atoms with Crippen LogP contribution in [0.2, 0.25) is 0 Å². The zero-order chi connectivity index (χ0) is 20.7.